The Balaban J connectivity index is 2.30. The second-order valence-electron chi connectivity index (χ2n) is 4.42. The van der Waals surface area contributed by atoms with Crippen molar-refractivity contribution in [2.45, 2.75) is 11.4 Å². The number of pyridine rings is 1. The Bertz CT molecular complexity index is 751. The Morgan fingerprint density at radius 1 is 1.33 bits per heavy atom. The molecule has 2 rings (SSSR count). The van der Waals surface area contributed by atoms with Crippen LogP contribution in [0.25, 0.3) is 0 Å². The van der Waals surface area contributed by atoms with Gasteiger partial charge in [0.25, 0.3) is 0 Å². The minimum Gasteiger partial charge on any atom is -0.383 e. The highest BCUT2D eigenvalue weighted by molar-refractivity contribution is 9.10. The largest absolute Gasteiger partial charge is 0.383 e. The lowest BCUT2D eigenvalue weighted by molar-refractivity contribution is 0.467. The molecule has 2 aromatic rings. The van der Waals surface area contributed by atoms with Crippen molar-refractivity contribution in [2.24, 2.45) is 0 Å². The molecule has 8 heteroatoms. The van der Waals surface area contributed by atoms with Gasteiger partial charge in [-0.1, -0.05) is 23.7 Å². The lowest BCUT2D eigenvalue weighted by atomic mass is 10.2. The Morgan fingerprint density at radius 2 is 1.95 bits per heavy atom. The smallest absolute Gasteiger partial charge is 0.246 e. The molecular weight excluding hydrogens is 378 g/mol. The number of aromatic nitrogens is 1. The highest BCUT2D eigenvalue weighted by Gasteiger charge is 2.24. The topological polar surface area (TPSA) is 76.3 Å². The molecule has 0 atom stereocenters. The molecule has 21 heavy (non-hydrogen) atoms. The van der Waals surface area contributed by atoms with Gasteiger partial charge in [-0.25, -0.2) is 13.4 Å². The van der Waals surface area contributed by atoms with E-state index in [1.54, 1.807) is 24.3 Å². The minimum absolute atomic E-state index is 0.0201. The van der Waals surface area contributed by atoms with Crippen molar-refractivity contribution < 1.29 is 8.42 Å². The molecule has 1 aromatic heterocycles. The number of nitrogens with two attached hydrogens (primary N) is 1. The Hall–Kier alpha value is -1.15. The summed E-state index contributed by atoms with van der Waals surface area (Å²) in [5.74, 6) is -0.0267. The molecule has 0 radical (unpaired) electrons. The van der Waals surface area contributed by atoms with Crippen molar-refractivity contribution in [1.29, 1.82) is 0 Å². The van der Waals surface area contributed by atoms with E-state index in [-0.39, 0.29) is 17.3 Å². The van der Waals surface area contributed by atoms with Crippen molar-refractivity contribution in [1.82, 2.24) is 9.29 Å². The molecule has 0 saturated carbocycles. The van der Waals surface area contributed by atoms with Crippen LogP contribution in [0.15, 0.2) is 45.9 Å². The fourth-order valence-corrected chi connectivity index (χ4v) is 3.59. The van der Waals surface area contributed by atoms with Gasteiger partial charge in [0.15, 0.2) is 0 Å². The molecule has 0 aliphatic carbocycles. The maximum Gasteiger partial charge on any atom is 0.246 e. The zero-order valence-electron chi connectivity index (χ0n) is 11.1. The highest BCUT2D eigenvalue weighted by atomic mass is 79.9. The first kappa shape index (κ1) is 16.2. The van der Waals surface area contributed by atoms with Crippen LogP contribution in [0, 0.1) is 0 Å². The molecule has 0 spiro atoms. The van der Waals surface area contributed by atoms with Crippen LogP contribution in [0.3, 0.4) is 0 Å². The third-order valence-electron chi connectivity index (χ3n) is 2.86. The molecule has 0 fully saturated rings. The van der Waals surface area contributed by atoms with E-state index in [1.807, 2.05) is 0 Å². The standard InChI is InChI=1S/C13H13BrClN3O2S/c1-18(8-9-2-4-11(15)5-3-9)21(19,20)12-6-10(14)7-17-13(12)16/h2-7H,8H2,1H3,(H2,16,17). The van der Waals surface area contributed by atoms with E-state index >= 15 is 0 Å². The molecule has 2 N–H and O–H groups in total. The first-order valence-electron chi connectivity index (χ1n) is 5.92. The van der Waals surface area contributed by atoms with Crippen LogP contribution in [0.4, 0.5) is 5.82 Å². The van der Waals surface area contributed by atoms with E-state index in [0.29, 0.717) is 9.50 Å². The average Bonchev–Trinajstić information content (AvgIpc) is 2.43. The van der Waals surface area contributed by atoms with E-state index in [4.69, 9.17) is 17.3 Å². The number of halogens is 2. The fraction of sp³-hybridized carbons (Fsp3) is 0.154. The number of sulfonamides is 1. The molecule has 0 saturated heterocycles. The first-order chi connectivity index (χ1) is 9.80. The molecule has 0 amide bonds. The van der Waals surface area contributed by atoms with Gasteiger partial charge >= 0.3 is 0 Å². The summed E-state index contributed by atoms with van der Waals surface area (Å²) < 4.78 is 26.8. The van der Waals surface area contributed by atoms with Crippen LogP contribution in [0.2, 0.25) is 5.02 Å². The van der Waals surface area contributed by atoms with Gasteiger partial charge in [0.05, 0.1) is 0 Å². The molecule has 1 heterocycles. The van der Waals surface area contributed by atoms with E-state index in [9.17, 15) is 8.42 Å². The molecule has 0 bridgehead atoms. The predicted octanol–water partition coefficient (Wildman–Crippen LogP) is 2.90. The number of nitrogens with zero attached hydrogens (tertiary/aromatic N) is 2. The minimum atomic E-state index is -3.72. The molecule has 112 valence electrons. The normalized spacial score (nSPS) is 11.8. The van der Waals surface area contributed by atoms with Crippen molar-refractivity contribution in [3.63, 3.8) is 0 Å². The molecule has 0 unspecified atom stereocenters. The second-order valence-corrected chi connectivity index (χ2v) is 7.79. The van der Waals surface area contributed by atoms with Crippen molar-refractivity contribution >= 4 is 43.4 Å². The summed E-state index contributed by atoms with van der Waals surface area (Å²) in [6, 6.07) is 8.42. The van der Waals surface area contributed by atoms with E-state index < -0.39 is 10.0 Å². The summed E-state index contributed by atoms with van der Waals surface area (Å²) in [7, 11) is -2.23. The Labute approximate surface area is 136 Å². The summed E-state index contributed by atoms with van der Waals surface area (Å²) in [6.07, 6.45) is 1.45. The van der Waals surface area contributed by atoms with Gasteiger partial charge in [0.1, 0.15) is 10.7 Å². The van der Waals surface area contributed by atoms with Gasteiger partial charge in [-0.15, -0.1) is 0 Å². The molecule has 0 aliphatic heterocycles. The highest BCUT2D eigenvalue weighted by Crippen LogP contribution is 2.24. The number of anilines is 1. The second kappa shape index (κ2) is 6.31. The molecule has 1 aromatic carbocycles. The van der Waals surface area contributed by atoms with Crippen LogP contribution in [0.1, 0.15) is 5.56 Å². The third-order valence-corrected chi connectivity index (χ3v) is 5.37. The molecule has 0 aliphatic rings. The van der Waals surface area contributed by atoms with E-state index in [2.05, 4.69) is 20.9 Å². The predicted molar refractivity (Wildman–Crippen MR) is 86.5 cm³/mol. The summed E-state index contributed by atoms with van der Waals surface area (Å²) in [6.45, 7) is 0.214. The number of benzene rings is 1. The Kier molecular flexibility index (Phi) is 4.88. The summed E-state index contributed by atoms with van der Waals surface area (Å²) in [4.78, 5) is 3.83. The number of rotatable bonds is 4. The third kappa shape index (κ3) is 3.74. The van der Waals surface area contributed by atoms with Crippen LogP contribution >= 0.6 is 27.5 Å². The number of hydrogen-bond donors (Lipinski definition) is 1. The Morgan fingerprint density at radius 3 is 2.57 bits per heavy atom. The van der Waals surface area contributed by atoms with Crippen LogP contribution in [-0.4, -0.2) is 24.8 Å². The van der Waals surface area contributed by atoms with Crippen molar-refractivity contribution in [3.8, 4) is 0 Å². The monoisotopic (exact) mass is 389 g/mol. The van der Waals surface area contributed by atoms with Crippen molar-refractivity contribution in [3.05, 3.63) is 51.6 Å². The molecule has 5 nitrogen and oxygen atoms in total. The zero-order valence-corrected chi connectivity index (χ0v) is 14.3. The van der Waals surface area contributed by atoms with Gasteiger partial charge in [-0.2, -0.15) is 4.31 Å². The zero-order chi connectivity index (χ0) is 15.6. The average molecular weight is 391 g/mol. The summed E-state index contributed by atoms with van der Waals surface area (Å²) in [5.41, 5.74) is 6.50. The lowest BCUT2D eigenvalue weighted by Crippen LogP contribution is -2.27. The van der Waals surface area contributed by atoms with Crippen molar-refractivity contribution in [2.75, 3.05) is 12.8 Å². The maximum absolute atomic E-state index is 12.5. The van der Waals surface area contributed by atoms with Crippen LogP contribution in [0.5, 0.6) is 0 Å². The number of hydrogen-bond acceptors (Lipinski definition) is 4. The fourth-order valence-electron chi connectivity index (χ4n) is 1.74. The summed E-state index contributed by atoms with van der Waals surface area (Å²) in [5, 5.41) is 0.602. The maximum atomic E-state index is 12.5. The van der Waals surface area contributed by atoms with Gasteiger partial charge in [-0.05, 0) is 39.7 Å². The van der Waals surface area contributed by atoms with Gasteiger partial charge < -0.3 is 5.73 Å². The van der Waals surface area contributed by atoms with Crippen LogP contribution in [-0.2, 0) is 16.6 Å². The number of nitrogen functional groups attached to an aromatic ring is 1. The lowest BCUT2D eigenvalue weighted by Gasteiger charge is -2.18. The SMILES string of the molecule is CN(Cc1ccc(Cl)cc1)S(=O)(=O)c1cc(Br)cnc1N. The van der Waals surface area contributed by atoms with E-state index in [1.165, 1.54) is 23.6 Å². The van der Waals surface area contributed by atoms with E-state index in [0.717, 1.165) is 5.56 Å². The van der Waals surface area contributed by atoms with Crippen LogP contribution < -0.4 is 5.73 Å². The quantitative estimate of drug-likeness (QED) is 0.871. The molecular formula is C13H13BrClN3O2S. The van der Waals surface area contributed by atoms with Gasteiger partial charge in [-0.3, -0.25) is 0 Å². The summed E-state index contributed by atoms with van der Waals surface area (Å²) >= 11 is 9.01. The first-order valence-corrected chi connectivity index (χ1v) is 8.53. The van der Waals surface area contributed by atoms with Gasteiger partial charge in [0.2, 0.25) is 10.0 Å². The van der Waals surface area contributed by atoms with Gasteiger partial charge in [0, 0.05) is 29.3 Å².